The minimum absolute atomic E-state index is 0.0290. The van der Waals surface area contributed by atoms with Gasteiger partial charge in [-0.05, 0) is 18.8 Å². The summed E-state index contributed by atoms with van der Waals surface area (Å²) in [6.45, 7) is 8.41. The molecule has 0 rings (SSSR count). The second kappa shape index (κ2) is 23.3. The van der Waals surface area contributed by atoms with Gasteiger partial charge in [-0.25, -0.2) is 0 Å². The van der Waals surface area contributed by atoms with Crippen molar-refractivity contribution in [3.63, 3.8) is 0 Å². The number of carbonyl (C=O) groups excluding carboxylic acids is 2. The van der Waals surface area contributed by atoms with Gasteiger partial charge in [0.15, 0.2) is 5.78 Å². The molecule has 0 saturated heterocycles. The number of carbonyl (C=O) groups is 2. The Kier molecular flexibility index (Phi) is 22.7. The van der Waals surface area contributed by atoms with Crippen molar-refractivity contribution in [1.82, 2.24) is 5.32 Å². The number of ketones is 1. The van der Waals surface area contributed by atoms with E-state index in [4.69, 9.17) is 0 Å². The third-order valence-corrected chi connectivity index (χ3v) is 6.61. The van der Waals surface area contributed by atoms with Gasteiger partial charge in [-0.3, -0.25) is 9.59 Å². The van der Waals surface area contributed by atoms with E-state index in [0.717, 1.165) is 25.7 Å². The molecular formula is C29H57NO2. The topological polar surface area (TPSA) is 46.2 Å². The van der Waals surface area contributed by atoms with Crippen LogP contribution in [0.3, 0.4) is 0 Å². The van der Waals surface area contributed by atoms with Crippen LogP contribution in [-0.4, -0.2) is 17.7 Å². The summed E-state index contributed by atoms with van der Waals surface area (Å²) in [5.41, 5.74) is 0. The van der Waals surface area contributed by atoms with Gasteiger partial charge in [0.25, 0.3) is 0 Å². The Balaban J connectivity index is 3.52. The zero-order valence-electron chi connectivity index (χ0n) is 22.3. The van der Waals surface area contributed by atoms with Crippen molar-refractivity contribution in [2.45, 2.75) is 169 Å². The Hall–Kier alpha value is -0.860. The average molecular weight is 452 g/mol. The van der Waals surface area contributed by atoms with Crippen LogP contribution in [0.1, 0.15) is 163 Å². The number of hydrogen-bond acceptors (Lipinski definition) is 2. The summed E-state index contributed by atoms with van der Waals surface area (Å²) >= 11 is 0. The van der Waals surface area contributed by atoms with E-state index in [0.29, 0.717) is 12.8 Å². The van der Waals surface area contributed by atoms with Gasteiger partial charge in [0.2, 0.25) is 5.91 Å². The zero-order valence-corrected chi connectivity index (χ0v) is 22.3. The molecule has 0 unspecified atom stereocenters. The van der Waals surface area contributed by atoms with Gasteiger partial charge < -0.3 is 5.32 Å². The highest BCUT2D eigenvalue weighted by molar-refractivity contribution is 5.89. The van der Waals surface area contributed by atoms with Crippen LogP contribution in [0.2, 0.25) is 0 Å². The van der Waals surface area contributed by atoms with Gasteiger partial charge in [-0.1, -0.05) is 137 Å². The molecule has 32 heavy (non-hydrogen) atoms. The minimum Gasteiger partial charge on any atom is -0.346 e. The molecule has 0 aromatic heterocycles. The molecule has 0 aromatic carbocycles. The number of nitrogens with one attached hydrogen (secondary N) is 1. The summed E-state index contributed by atoms with van der Waals surface area (Å²) in [4.78, 5) is 24.5. The number of Topliss-reactive ketones (excluding diaryl/α,β-unsaturated/α-hetero) is 1. The van der Waals surface area contributed by atoms with Gasteiger partial charge in [0.1, 0.15) is 0 Å². The fourth-order valence-electron chi connectivity index (χ4n) is 4.38. The van der Waals surface area contributed by atoms with Crippen LogP contribution in [0.5, 0.6) is 0 Å². The molecule has 0 saturated carbocycles. The van der Waals surface area contributed by atoms with Gasteiger partial charge in [-0.2, -0.15) is 0 Å². The fraction of sp³-hybridized carbons (Fsp3) is 0.931. The first-order chi connectivity index (χ1) is 15.5. The SMILES string of the molecule is CCCCCCCCCCCCCCCCCCCC(=O)[C@@H](NC(=O)CCCC)C(C)C. The lowest BCUT2D eigenvalue weighted by Gasteiger charge is -2.21. The van der Waals surface area contributed by atoms with Crippen molar-refractivity contribution in [1.29, 1.82) is 0 Å². The maximum absolute atomic E-state index is 12.5. The van der Waals surface area contributed by atoms with E-state index in [2.05, 4.69) is 19.2 Å². The van der Waals surface area contributed by atoms with Crippen LogP contribution in [0, 0.1) is 5.92 Å². The lowest BCUT2D eigenvalue weighted by atomic mass is 9.95. The predicted octanol–water partition coefficient (Wildman–Crippen LogP) is 8.93. The van der Waals surface area contributed by atoms with Crippen molar-refractivity contribution in [2.24, 2.45) is 5.92 Å². The molecule has 190 valence electrons. The largest absolute Gasteiger partial charge is 0.346 e. The highest BCUT2D eigenvalue weighted by atomic mass is 16.2. The Morgan fingerprint density at radius 1 is 0.531 bits per heavy atom. The van der Waals surface area contributed by atoms with Crippen LogP contribution in [0.15, 0.2) is 0 Å². The molecule has 3 heteroatoms. The first-order valence-electron chi connectivity index (χ1n) is 14.3. The summed E-state index contributed by atoms with van der Waals surface area (Å²) in [5.74, 6) is 0.408. The van der Waals surface area contributed by atoms with Crippen molar-refractivity contribution < 1.29 is 9.59 Å². The smallest absolute Gasteiger partial charge is 0.220 e. The van der Waals surface area contributed by atoms with Crippen LogP contribution < -0.4 is 5.32 Å². The van der Waals surface area contributed by atoms with E-state index in [1.54, 1.807) is 0 Å². The van der Waals surface area contributed by atoms with Crippen LogP contribution in [0.4, 0.5) is 0 Å². The van der Waals surface area contributed by atoms with Gasteiger partial charge in [0.05, 0.1) is 6.04 Å². The molecule has 0 aliphatic rings. The zero-order chi connectivity index (χ0) is 23.9. The normalized spacial score (nSPS) is 12.3. The van der Waals surface area contributed by atoms with Gasteiger partial charge >= 0.3 is 0 Å². The fourth-order valence-corrected chi connectivity index (χ4v) is 4.38. The summed E-state index contributed by atoms with van der Waals surface area (Å²) in [7, 11) is 0. The molecule has 0 aliphatic carbocycles. The lowest BCUT2D eigenvalue weighted by Crippen LogP contribution is -2.44. The summed E-state index contributed by atoms with van der Waals surface area (Å²) < 4.78 is 0. The van der Waals surface area contributed by atoms with Gasteiger partial charge in [0, 0.05) is 12.8 Å². The predicted molar refractivity (Wildman–Crippen MR) is 140 cm³/mol. The Labute approximate surface area is 201 Å². The second-order valence-corrected chi connectivity index (χ2v) is 10.3. The summed E-state index contributed by atoms with van der Waals surface area (Å²) in [6.07, 6.45) is 26.0. The molecule has 0 spiro atoms. The maximum Gasteiger partial charge on any atom is 0.220 e. The highest BCUT2D eigenvalue weighted by Gasteiger charge is 2.23. The molecule has 1 atom stereocenters. The quantitative estimate of drug-likeness (QED) is 0.149. The summed E-state index contributed by atoms with van der Waals surface area (Å²) in [5, 5.41) is 2.97. The van der Waals surface area contributed by atoms with Crippen molar-refractivity contribution in [3.05, 3.63) is 0 Å². The molecule has 0 fully saturated rings. The number of amides is 1. The van der Waals surface area contributed by atoms with Crippen molar-refractivity contribution in [3.8, 4) is 0 Å². The molecule has 0 aromatic rings. The molecule has 1 N–H and O–H groups in total. The van der Waals surface area contributed by atoms with E-state index >= 15 is 0 Å². The number of hydrogen-bond donors (Lipinski definition) is 1. The van der Waals surface area contributed by atoms with E-state index < -0.39 is 0 Å². The van der Waals surface area contributed by atoms with Crippen molar-refractivity contribution in [2.75, 3.05) is 0 Å². The standard InChI is InChI=1S/C29H57NO2/c1-5-7-9-10-11-12-13-14-15-16-17-18-19-20-21-22-23-24-27(31)29(26(3)4)30-28(32)25-8-6-2/h26,29H,5-25H2,1-4H3,(H,30,32)/t29-/m0/s1. The number of rotatable bonds is 24. The maximum atomic E-state index is 12.5. The molecule has 3 nitrogen and oxygen atoms in total. The third-order valence-electron chi connectivity index (χ3n) is 6.61. The molecule has 0 heterocycles. The molecule has 1 amide bonds. The van der Waals surface area contributed by atoms with Gasteiger partial charge in [-0.15, -0.1) is 0 Å². The molecule has 0 radical (unpaired) electrons. The van der Waals surface area contributed by atoms with E-state index in [-0.39, 0.29) is 23.7 Å². The Morgan fingerprint density at radius 3 is 1.28 bits per heavy atom. The summed E-state index contributed by atoms with van der Waals surface area (Å²) in [6, 6.07) is -0.305. The second-order valence-electron chi connectivity index (χ2n) is 10.3. The van der Waals surface area contributed by atoms with Crippen LogP contribution >= 0.6 is 0 Å². The molecular weight excluding hydrogens is 394 g/mol. The first kappa shape index (κ1) is 31.1. The van der Waals surface area contributed by atoms with Crippen molar-refractivity contribution >= 4 is 11.7 Å². The third kappa shape index (κ3) is 19.8. The Bertz CT molecular complexity index is 433. The van der Waals surface area contributed by atoms with Crippen LogP contribution in [-0.2, 0) is 9.59 Å². The number of unbranched alkanes of at least 4 members (excludes halogenated alkanes) is 17. The Morgan fingerprint density at radius 2 is 0.906 bits per heavy atom. The lowest BCUT2D eigenvalue weighted by molar-refractivity contribution is -0.129. The average Bonchev–Trinajstić information content (AvgIpc) is 2.77. The highest BCUT2D eigenvalue weighted by Crippen LogP contribution is 2.15. The van der Waals surface area contributed by atoms with E-state index in [9.17, 15) is 9.59 Å². The molecule has 0 bridgehead atoms. The van der Waals surface area contributed by atoms with Crippen LogP contribution in [0.25, 0.3) is 0 Å². The minimum atomic E-state index is -0.305. The monoisotopic (exact) mass is 451 g/mol. The van der Waals surface area contributed by atoms with E-state index in [1.807, 2.05) is 13.8 Å². The molecule has 0 aliphatic heterocycles. The van der Waals surface area contributed by atoms with E-state index in [1.165, 1.54) is 96.3 Å². The first-order valence-corrected chi connectivity index (χ1v) is 14.3.